The third kappa shape index (κ3) is 3.39. The monoisotopic (exact) mass is 301 g/mol. The molecule has 1 fully saturated rings. The van der Waals surface area contributed by atoms with Gasteiger partial charge in [-0.05, 0) is 60.2 Å². The number of ether oxygens (including phenoxy) is 1. The van der Waals surface area contributed by atoms with Gasteiger partial charge < -0.3 is 10.1 Å². The number of benzene rings is 2. The van der Waals surface area contributed by atoms with E-state index >= 15 is 0 Å². The van der Waals surface area contributed by atoms with E-state index in [0.29, 0.717) is 6.04 Å². The van der Waals surface area contributed by atoms with Gasteiger partial charge in [0.25, 0.3) is 0 Å². The van der Waals surface area contributed by atoms with Gasteiger partial charge in [0.15, 0.2) is 0 Å². The molecule has 0 spiro atoms. The maximum atomic E-state index is 6.43. The molecule has 21 heavy (non-hydrogen) atoms. The fourth-order valence-corrected chi connectivity index (χ4v) is 2.73. The predicted octanol–water partition coefficient (Wildman–Crippen LogP) is 4.58. The molecule has 1 saturated carbocycles. The van der Waals surface area contributed by atoms with Crippen LogP contribution in [0.15, 0.2) is 36.4 Å². The van der Waals surface area contributed by atoms with Crippen molar-refractivity contribution in [1.29, 1.82) is 0 Å². The predicted molar refractivity (Wildman–Crippen MR) is 88.0 cm³/mol. The van der Waals surface area contributed by atoms with Crippen LogP contribution in [0, 0.1) is 6.92 Å². The summed E-state index contributed by atoms with van der Waals surface area (Å²) >= 11 is 6.43. The molecule has 0 heterocycles. The van der Waals surface area contributed by atoms with E-state index in [2.05, 4.69) is 36.5 Å². The Morgan fingerprint density at radius 1 is 1.19 bits per heavy atom. The lowest BCUT2D eigenvalue weighted by molar-refractivity contribution is 0.414. The minimum absolute atomic E-state index is 0.699. The average molecular weight is 302 g/mol. The summed E-state index contributed by atoms with van der Waals surface area (Å²) in [6.45, 7) is 2.94. The normalized spacial score (nSPS) is 14.2. The Hall–Kier alpha value is -1.51. The van der Waals surface area contributed by atoms with Crippen LogP contribution in [-0.4, -0.2) is 13.2 Å². The van der Waals surface area contributed by atoms with Gasteiger partial charge >= 0.3 is 0 Å². The molecule has 0 atom stereocenters. The van der Waals surface area contributed by atoms with E-state index < -0.39 is 0 Å². The van der Waals surface area contributed by atoms with E-state index in [1.54, 1.807) is 7.11 Å². The molecule has 2 aromatic carbocycles. The Balaban J connectivity index is 1.83. The van der Waals surface area contributed by atoms with E-state index in [0.717, 1.165) is 22.9 Å². The molecule has 3 heteroatoms. The lowest BCUT2D eigenvalue weighted by atomic mass is 9.99. The van der Waals surface area contributed by atoms with Gasteiger partial charge in [0.2, 0.25) is 0 Å². The van der Waals surface area contributed by atoms with Crippen LogP contribution < -0.4 is 10.1 Å². The quantitative estimate of drug-likeness (QED) is 0.873. The second kappa shape index (κ2) is 6.08. The van der Waals surface area contributed by atoms with Crippen molar-refractivity contribution < 1.29 is 4.74 Å². The number of rotatable bonds is 5. The number of aryl methyl sites for hydroxylation is 1. The first-order valence-corrected chi connectivity index (χ1v) is 7.72. The Morgan fingerprint density at radius 2 is 2.00 bits per heavy atom. The number of nitrogens with one attached hydrogen (secondary N) is 1. The summed E-state index contributed by atoms with van der Waals surface area (Å²) in [6.07, 6.45) is 2.58. The van der Waals surface area contributed by atoms with Gasteiger partial charge in [0.1, 0.15) is 5.75 Å². The zero-order valence-electron chi connectivity index (χ0n) is 12.4. The van der Waals surface area contributed by atoms with Crippen molar-refractivity contribution in [3.8, 4) is 16.9 Å². The lowest BCUT2D eigenvalue weighted by Crippen LogP contribution is -2.15. The van der Waals surface area contributed by atoms with Gasteiger partial charge in [0.05, 0.1) is 7.11 Å². The molecule has 1 aliphatic carbocycles. The van der Waals surface area contributed by atoms with Gasteiger partial charge in [-0.3, -0.25) is 0 Å². The largest absolute Gasteiger partial charge is 0.497 e. The standard InChI is InChI=1S/C18H20ClNO/c1-12-9-16(21-2)7-8-17(12)13-3-4-14(18(19)10-13)11-20-15-5-6-15/h3-4,7-10,15,20H,5-6,11H2,1-2H3. The molecule has 1 N–H and O–H groups in total. The SMILES string of the molecule is COc1ccc(-c2ccc(CNC3CC3)c(Cl)c2)c(C)c1. The van der Waals surface area contributed by atoms with E-state index in [1.165, 1.54) is 29.5 Å². The van der Waals surface area contributed by atoms with Crippen molar-refractivity contribution in [3.05, 3.63) is 52.5 Å². The fourth-order valence-electron chi connectivity index (χ4n) is 2.49. The third-order valence-electron chi connectivity index (χ3n) is 3.96. The van der Waals surface area contributed by atoms with E-state index in [-0.39, 0.29) is 0 Å². The maximum absolute atomic E-state index is 6.43. The Labute approximate surface area is 131 Å². The zero-order chi connectivity index (χ0) is 14.8. The Kier molecular flexibility index (Phi) is 4.18. The van der Waals surface area contributed by atoms with Crippen molar-refractivity contribution in [2.75, 3.05) is 7.11 Å². The highest BCUT2D eigenvalue weighted by atomic mass is 35.5. The molecular weight excluding hydrogens is 282 g/mol. The van der Waals surface area contributed by atoms with Crippen LogP contribution in [0.1, 0.15) is 24.0 Å². The summed E-state index contributed by atoms with van der Waals surface area (Å²) in [5, 5.41) is 4.33. The molecule has 2 aromatic rings. The van der Waals surface area contributed by atoms with Crippen LogP contribution in [0.4, 0.5) is 0 Å². The minimum atomic E-state index is 0.699. The smallest absolute Gasteiger partial charge is 0.119 e. The summed E-state index contributed by atoms with van der Waals surface area (Å²) in [7, 11) is 1.69. The van der Waals surface area contributed by atoms with Crippen LogP contribution in [0.25, 0.3) is 11.1 Å². The van der Waals surface area contributed by atoms with Crippen LogP contribution in [0.2, 0.25) is 5.02 Å². The minimum Gasteiger partial charge on any atom is -0.497 e. The van der Waals surface area contributed by atoms with Crippen LogP contribution in [0.5, 0.6) is 5.75 Å². The van der Waals surface area contributed by atoms with Crippen molar-refractivity contribution >= 4 is 11.6 Å². The Morgan fingerprint density at radius 3 is 2.62 bits per heavy atom. The third-order valence-corrected chi connectivity index (χ3v) is 4.31. The fraction of sp³-hybridized carbons (Fsp3) is 0.333. The van der Waals surface area contributed by atoms with Gasteiger partial charge in [-0.1, -0.05) is 29.8 Å². The van der Waals surface area contributed by atoms with Crippen LogP contribution in [0.3, 0.4) is 0 Å². The number of halogens is 1. The molecule has 2 nitrogen and oxygen atoms in total. The summed E-state index contributed by atoms with van der Waals surface area (Å²) in [6, 6.07) is 13.1. The van der Waals surface area contributed by atoms with Gasteiger partial charge in [-0.25, -0.2) is 0 Å². The van der Waals surface area contributed by atoms with Gasteiger partial charge in [0, 0.05) is 17.6 Å². The van der Waals surface area contributed by atoms with Crippen molar-refractivity contribution in [1.82, 2.24) is 5.32 Å². The van der Waals surface area contributed by atoms with E-state index in [9.17, 15) is 0 Å². The van der Waals surface area contributed by atoms with Crippen molar-refractivity contribution in [2.45, 2.75) is 32.4 Å². The van der Waals surface area contributed by atoms with Crippen molar-refractivity contribution in [2.24, 2.45) is 0 Å². The molecular formula is C18H20ClNO. The highest BCUT2D eigenvalue weighted by Crippen LogP contribution is 2.30. The van der Waals surface area contributed by atoms with Crippen LogP contribution >= 0.6 is 11.6 Å². The molecule has 0 aromatic heterocycles. The summed E-state index contributed by atoms with van der Waals surface area (Å²) in [5.74, 6) is 0.882. The lowest BCUT2D eigenvalue weighted by Gasteiger charge is -2.11. The first-order valence-electron chi connectivity index (χ1n) is 7.34. The topological polar surface area (TPSA) is 21.3 Å². The first-order chi connectivity index (χ1) is 10.2. The number of hydrogen-bond donors (Lipinski definition) is 1. The molecule has 1 aliphatic rings. The molecule has 0 radical (unpaired) electrons. The highest BCUT2D eigenvalue weighted by Gasteiger charge is 2.20. The average Bonchev–Trinajstić information content (AvgIpc) is 3.30. The van der Waals surface area contributed by atoms with Crippen molar-refractivity contribution in [3.63, 3.8) is 0 Å². The highest BCUT2D eigenvalue weighted by molar-refractivity contribution is 6.31. The molecule has 3 rings (SSSR count). The first kappa shape index (κ1) is 14.4. The van der Waals surface area contributed by atoms with E-state index in [1.807, 2.05) is 12.1 Å². The van der Waals surface area contributed by atoms with Gasteiger partial charge in [-0.2, -0.15) is 0 Å². The second-order valence-corrected chi connectivity index (χ2v) is 6.05. The molecule has 0 bridgehead atoms. The molecule has 0 saturated heterocycles. The number of hydrogen-bond acceptors (Lipinski definition) is 2. The molecule has 0 unspecified atom stereocenters. The summed E-state index contributed by atoms with van der Waals surface area (Å²) in [5.41, 5.74) is 4.70. The molecule has 0 aliphatic heterocycles. The zero-order valence-corrected chi connectivity index (χ0v) is 13.2. The maximum Gasteiger partial charge on any atom is 0.119 e. The van der Waals surface area contributed by atoms with E-state index in [4.69, 9.17) is 16.3 Å². The molecule has 0 amide bonds. The van der Waals surface area contributed by atoms with Gasteiger partial charge in [-0.15, -0.1) is 0 Å². The second-order valence-electron chi connectivity index (χ2n) is 5.64. The van der Waals surface area contributed by atoms with Crippen LogP contribution in [-0.2, 0) is 6.54 Å². The number of methoxy groups -OCH3 is 1. The summed E-state index contributed by atoms with van der Waals surface area (Å²) < 4.78 is 5.25. The summed E-state index contributed by atoms with van der Waals surface area (Å²) in [4.78, 5) is 0. The molecule has 110 valence electrons. The Bertz CT molecular complexity index is 650.